The van der Waals surface area contributed by atoms with E-state index in [1.54, 1.807) is 0 Å². The van der Waals surface area contributed by atoms with E-state index in [1.165, 1.54) is 50.0 Å². The molecule has 1 nitrogen and oxygen atoms in total. The highest BCUT2D eigenvalue weighted by atomic mass is 32.2. The van der Waals surface area contributed by atoms with E-state index in [2.05, 4.69) is 30.3 Å². The first-order chi connectivity index (χ1) is 8.43. The maximum Gasteiger partial charge on any atom is 0.0703 e. The van der Waals surface area contributed by atoms with E-state index in [4.69, 9.17) is 4.36 Å². The summed E-state index contributed by atoms with van der Waals surface area (Å²) >= 11 is 0. The van der Waals surface area contributed by atoms with Crippen LogP contribution in [0.2, 0.25) is 0 Å². The summed E-state index contributed by atoms with van der Waals surface area (Å²) in [5.41, 5.74) is 1.20. The zero-order chi connectivity index (χ0) is 11.5. The second-order valence-corrected chi connectivity index (χ2v) is 7.26. The van der Waals surface area contributed by atoms with Crippen LogP contribution in [0, 0.1) is 5.92 Å². The van der Waals surface area contributed by atoms with Crippen LogP contribution in [-0.2, 0) is 10.7 Å². The lowest BCUT2D eigenvalue weighted by atomic mass is 9.85. The molecule has 0 aromatic heterocycles. The lowest BCUT2D eigenvalue weighted by molar-refractivity contribution is 0.337. The fourth-order valence-corrected chi connectivity index (χ4v) is 5.78. The first kappa shape index (κ1) is 11.5. The van der Waals surface area contributed by atoms with Gasteiger partial charge in [-0.2, -0.15) is 0 Å². The van der Waals surface area contributed by atoms with Crippen LogP contribution in [0.4, 0.5) is 5.69 Å². The van der Waals surface area contributed by atoms with Gasteiger partial charge in [0, 0.05) is 11.0 Å². The zero-order valence-electron chi connectivity index (χ0n) is 10.3. The van der Waals surface area contributed by atoms with Crippen LogP contribution in [0.25, 0.3) is 0 Å². The smallest absolute Gasteiger partial charge is 0.0703 e. The number of fused-ring (bicyclic) bond motifs is 1. The van der Waals surface area contributed by atoms with Crippen molar-refractivity contribution < 1.29 is 0 Å². The molecule has 1 unspecified atom stereocenters. The molecule has 3 atom stereocenters. The van der Waals surface area contributed by atoms with Crippen LogP contribution in [-0.4, -0.2) is 11.0 Å². The molecule has 1 saturated carbocycles. The van der Waals surface area contributed by atoms with E-state index in [9.17, 15) is 0 Å². The molecule has 2 heteroatoms. The van der Waals surface area contributed by atoms with Gasteiger partial charge < -0.3 is 0 Å². The molecule has 1 aromatic carbocycles. The summed E-state index contributed by atoms with van der Waals surface area (Å²) in [4.78, 5) is 0. The number of hydrogen-bond acceptors (Lipinski definition) is 1. The predicted molar refractivity (Wildman–Crippen MR) is 75.7 cm³/mol. The van der Waals surface area contributed by atoms with Gasteiger partial charge in [0.05, 0.1) is 5.69 Å². The number of benzene rings is 1. The van der Waals surface area contributed by atoms with Crippen molar-refractivity contribution in [2.45, 2.75) is 43.8 Å². The monoisotopic (exact) mass is 247 g/mol. The average Bonchev–Trinajstić information content (AvgIpc) is 2.40. The summed E-state index contributed by atoms with van der Waals surface area (Å²) in [7, 11) is 0.313. The number of rotatable bonds is 1. The molecule has 1 saturated heterocycles. The Morgan fingerprint density at radius 3 is 2.59 bits per heavy atom. The molecule has 1 aliphatic carbocycles. The third-order valence-corrected chi connectivity index (χ3v) is 6.57. The minimum atomic E-state index is 0.313. The van der Waals surface area contributed by atoms with Crippen LogP contribution < -0.4 is 0 Å². The van der Waals surface area contributed by atoms with Gasteiger partial charge in [0.15, 0.2) is 0 Å². The summed E-state index contributed by atoms with van der Waals surface area (Å²) in [5.74, 6) is 2.34. The van der Waals surface area contributed by atoms with Crippen LogP contribution in [0.5, 0.6) is 0 Å². The van der Waals surface area contributed by atoms with E-state index in [0.29, 0.717) is 10.7 Å². The van der Waals surface area contributed by atoms with E-state index in [1.807, 2.05) is 0 Å². The lowest BCUT2D eigenvalue weighted by Gasteiger charge is -2.37. The van der Waals surface area contributed by atoms with Gasteiger partial charge in [0.2, 0.25) is 0 Å². The molecule has 92 valence electrons. The molecule has 0 N–H and O–H groups in total. The van der Waals surface area contributed by atoms with Crippen LogP contribution >= 0.6 is 0 Å². The fraction of sp³-hybridized carbons (Fsp3) is 0.600. The van der Waals surface area contributed by atoms with E-state index in [0.717, 1.165) is 11.2 Å². The Hall–Kier alpha value is -0.630. The Morgan fingerprint density at radius 1 is 0.941 bits per heavy atom. The molecule has 1 heterocycles. The first-order valence-electron chi connectivity index (χ1n) is 6.90. The molecule has 2 aliphatic rings. The average molecular weight is 247 g/mol. The van der Waals surface area contributed by atoms with Crippen molar-refractivity contribution in [1.82, 2.24) is 0 Å². The SMILES string of the molecule is c1ccc(N=S2CCC[C@H]3CCCC[C@H]32)cc1. The highest BCUT2D eigenvalue weighted by Gasteiger charge is 2.31. The van der Waals surface area contributed by atoms with Gasteiger partial charge in [-0.15, -0.1) is 0 Å². The molecular weight excluding hydrogens is 226 g/mol. The van der Waals surface area contributed by atoms with E-state index < -0.39 is 0 Å². The fourth-order valence-electron chi connectivity index (χ4n) is 3.24. The first-order valence-corrected chi connectivity index (χ1v) is 8.31. The minimum absolute atomic E-state index is 0.313. The number of hydrogen-bond donors (Lipinski definition) is 0. The molecule has 0 radical (unpaired) electrons. The Balaban J connectivity index is 1.83. The molecule has 0 amide bonds. The topological polar surface area (TPSA) is 12.4 Å². The quantitative estimate of drug-likeness (QED) is 0.694. The van der Waals surface area contributed by atoms with Crippen molar-refractivity contribution in [3.63, 3.8) is 0 Å². The summed E-state index contributed by atoms with van der Waals surface area (Å²) in [6, 6.07) is 10.6. The van der Waals surface area contributed by atoms with E-state index in [-0.39, 0.29) is 0 Å². The van der Waals surface area contributed by atoms with Gasteiger partial charge in [0.25, 0.3) is 0 Å². The Kier molecular flexibility index (Phi) is 3.60. The highest BCUT2D eigenvalue weighted by molar-refractivity contribution is 7.88. The van der Waals surface area contributed by atoms with Crippen LogP contribution in [0.15, 0.2) is 34.7 Å². The molecule has 2 fully saturated rings. The number of nitrogens with zero attached hydrogens (tertiary/aromatic N) is 1. The molecule has 3 rings (SSSR count). The highest BCUT2D eigenvalue weighted by Crippen LogP contribution is 2.36. The van der Waals surface area contributed by atoms with Crippen molar-refractivity contribution in [3.8, 4) is 0 Å². The molecule has 0 bridgehead atoms. The normalized spacial score (nSPS) is 33.3. The van der Waals surface area contributed by atoms with Crippen LogP contribution in [0.3, 0.4) is 0 Å². The summed E-state index contributed by atoms with van der Waals surface area (Å²) < 4.78 is 5.03. The van der Waals surface area contributed by atoms with Gasteiger partial charge in [-0.05, 0) is 43.7 Å². The Morgan fingerprint density at radius 2 is 1.71 bits per heavy atom. The van der Waals surface area contributed by atoms with Gasteiger partial charge >= 0.3 is 0 Å². The summed E-state index contributed by atoms with van der Waals surface area (Å²) in [5, 5.41) is 0.915. The van der Waals surface area contributed by atoms with Crippen molar-refractivity contribution >= 4 is 16.4 Å². The molecule has 1 aromatic rings. The molecule has 0 spiro atoms. The molecule has 1 aliphatic heterocycles. The Labute approximate surface area is 107 Å². The van der Waals surface area contributed by atoms with Gasteiger partial charge in [0.1, 0.15) is 0 Å². The van der Waals surface area contributed by atoms with E-state index >= 15 is 0 Å². The van der Waals surface area contributed by atoms with Crippen molar-refractivity contribution in [1.29, 1.82) is 0 Å². The summed E-state index contributed by atoms with van der Waals surface area (Å²) in [6.07, 6.45) is 8.68. The molecular formula is C15H21NS. The lowest BCUT2D eigenvalue weighted by Crippen LogP contribution is -2.34. The van der Waals surface area contributed by atoms with Crippen molar-refractivity contribution in [3.05, 3.63) is 30.3 Å². The van der Waals surface area contributed by atoms with Gasteiger partial charge in [-0.3, -0.25) is 0 Å². The third kappa shape index (κ3) is 2.62. The maximum atomic E-state index is 5.03. The summed E-state index contributed by atoms with van der Waals surface area (Å²) in [6.45, 7) is 0. The second kappa shape index (κ2) is 5.34. The third-order valence-electron chi connectivity index (χ3n) is 4.10. The standard InChI is InChI=1S/C15H21NS/c1-2-9-14(10-3-1)16-17-12-6-8-13-7-4-5-11-15(13)17/h1-3,9-10,13,15H,4-8,11-12H2/t13-,15-,17?/m1/s1. The second-order valence-electron chi connectivity index (χ2n) is 5.26. The predicted octanol–water partition coefficient (Wildman–Crippen LogP) is 4.47. The maximum absolute atomic E-state index is 5.03. The minimum Gasteiger partial charge on any atom is -0.228 e. The van der Waals surface area contributed by atoms with Gasteiger partial charge in [-0.25, -0.2) is 4.36 Å². The largest absolute Gasteiger partial charge is 0.228 e. The van der Waals surface area contributed by atoms with Crippen molar-refractivity contribution in [2.24, 2.45) is 10.3 Å². The van der Waals surface area contributed by atoms with Crippen molar-refractivity contribution in [2.75, 3.05) is 5.75 Å². The van der Waals surface area contributed by atoms with Crippen LogP contribution in [0.1, 0.15) is 38.5 Å². The Bertz CT molecular complexity index is 397. The zero-order valence-corrected chi connectivity index (χ0v) is 11.2. The molecule has 17 heavy (non-hydrogen) atoms. The van der Waals surface area contributed by atoms with Gasteiger partial charge in [-0.1, -0.05) is 41.7 Å².